The largest absolute Gasteiger partial charge is 0.416 e. The number of halogens is 3. The molecular formula is C22H25F3N4. The van der Waals surface area contributed by atoms with Gasteiger partial charge in [0.05, 0.1) is 11.3 Å². The second kappa shape index (κ2) is 9.84. The van der Waals surface area contributed by atoms with E-state index in [1.165, 1.54) is 38.2 Å². The number of nitrogens with one attached hydrogen (secondary N) is 1. The molecule has 1 fully saturated rings. The number of hydrogen-bond donors (Lipinski definition) is 1. The van der Waals surface area contributed by atoms with Gasteiger partial charge < -0.3 is 5.32 Å². The molecule has 0 atom stereocenters. The Labute approximate surface area is 169 Å². The third-order valence-electron chi connectivity index (χ3n) is 5.31. The molecule has 2 aromatic rings. The van der Waals surface area contributed by atoms with Crippen LogP contribution in [-0.4, -0.2) is 23.1 Å². The van der Waals surface area contributed by atoms with Gasteiger partial charge in [0.2, 0.25) is 5.82 Å². The Bertz CT molecular complexity index is 852. The average molecular weight is 402 g/mol. The molecule has 1 N–H and O–H groups in total. The summed E-state index contributed by atoms with van der Waals surface area (Å²) in [7, 11) is 0. The van der Waals surface area contributed by atoms with E-state index < -0.39 is 11.7 Å². The molecule has 0 bridgehead atoms. The van der Waals surface area contributed by atoms with Gasteiger partial charge in [0, 0.05) is 11.3 Å². The molecule has 1 aliphatic rings. The molecule has 29 heavy (non-hydrogen) atoms. The third kappa shape index (κ3) is 6.26. The van der Waals surface area contributed by atoms with Gasteiger partial charge in [-0.15, -0.1) is 0 Å². The Morgan fingerprint density at radius 2 is 1.90 bits per heavy atom. The van der Waals surface area contributed by atoms with Crippen molar-refractivity contribution in [3.05, 3.63) is 47.4 Å². The van der Waals surface area contributed by atoms with Crippen molar-refractivity contribution >= 4 is 0 Å². The van der Waals surface area contributed by atoms with Gasteiger partial charge in [0.25, 0.3) is 0 Å². The van der Waals surface area contributed by atoms with Gasteiger partial charge in [0.1, 0.15) is 6.07 Å². The van der Waals surface area contributed by atoms with Crippen molar-refractivity contribution in [2.24, 2.45) is 5.92 Å². The van der Waals surface area contributed by atoms with Gasteiger partial charge in [-0.1, -0.05) is 31.4 Å². The standard InChI is InChI=1S/C22H25F3N4/c23-22(24,25)18-9-4-8-17(12-18)20-13-19(28-21(14-26)29-20)10-5-11-27-15-16-6-2-1-3-7-16/h4,8-9,12-13,16,27H,1-3,5-7,10-11,15H2. The van der Waals surface area contributed by atoms with Crippen molar-refractivity contribution in [1.29, 1.82) is 5.26 Å². The first kappa shape index (κ1) is 21.3. The van der Waals surface area contributed by atoms with Crippen molar-refractivity contribution in [2.75, 3.05) is 13.1 Å². The second-order valence-corrected chi connectivity index (χ2v) is 7.57. The molecule has 0 saturated heterocycles. The highest BCUT2D eigenvalue weighted by Crippen LogP contribution is 2.32. The highest BCUT2D eigenvalue weighted by Gasteiger charge is 2.30. The van der Waals surface area contributed by atoms with Gasteiger partial charge in [-0.2, -0.15) is 18.4 Å². The summed E-state index contributed by atoms with van der Waals surface area (Å²) in [5.41, 5.74) is 0.604. The Morgan fingerprint density at radius 1 is 1.10 bits per heavy atom. The van der Waals surface area contributed by atoms with E-state index in [1.54, 1.807) is 12.1 Å². The Balaban J connectivity index is 1.62. The van der Waals surface area contributed by atoms with Gasteiger partial charge in [-0.05, 0) is 62.9 Å². The highest BCUT2D eigenvalue weighted by atomic mass is 19.4. The lowest BCUT2D eigenvalue weighted by Gasteiger charge is -2.21. The molecule has 7 heteroatoms. The van der Waals surface area contributed by atoms with Crippen LogP contribution in [-0.2, 0) is 12.6 Å². The van der Waals surface area contributed by atoms with Crippen LogP contribution in [0, 0.1) is 17.2 Å². The Hall–Kier alpha value is -2.46. The van der Waals surface area contributed by atoms with Crippen LogP contribution in [0.5, 0.6) is 0 Å². The molecule has 1 aliphatic carbocycles. The molecule has 4 nitrogen and oxygen atoms in total. The maximum atomic E-state index is 13.0. The molecule has 3 rings (SSSR count). The second-order valence-electron chi connectivity index (χ2n) is 7.57. The molecule has 0 aliphatic heterocycles. The van der Waals surface area contributed by atoms with Crippen LogP contribution in [0.1, 0.15) is 55.6 Å². The van der Waals surface area contributed by atoms with E-state index in [2.05, 4.69) is 15.3 Å². The first-order valence-electron chi connectivity index (χ1n) is 10.1. The highest BCUT2D eigenvalue weighted by molar-refractivity contribution is 5.61. The van der Waals surface area contributed by atoms with Gasteiger partial charge >= 0.3 is 6.18 Å². The molecule has 0 spiro atoms. The van der Waals surface area contributed by atoms with E-state index in [0.717, 1.165) is 37.6 Å². The van der Waals surface area contributed by atoms with E-state index in [1.807, 2.05) is 6.07 Å². The predicted octanol–water partition coefficient (Wildman–Crippen LogP) is 5.14. The number of benzene rings is 1. The zero-order valence-corrected chi connectivity index (χ0v) is 16.3. The zero-order valence-electron chi connectivity index (χ0n) is 16.3. The van der Waals surface area contributed by atoms with Gasteiger partial charge in [-0.25, -0.2) is 9.97 Å². The molecule has 1 heterocycles. The van der Waals surface area contributed by atoms with Gasteiger partial charge in [-0.3, -0.25) is 0 Å². The lowest BCUT2D eigenvalue weighted by Crippen LogP contribution is -2.25. The van der Waals surface area contributed by atoms with Crippen LogP contribution >= 0.6 is 0 Å². The quantitative estimate of drug-likeness (QED) is 0.652. The molecule has 1 aromatic carbocycles. The molecule has 1 aromatic heterocycles. The number of alkyl halides is 3. The lowest BCUT2D eigenvalue weighted by atomic mass is 9.89. The topological polar surface area (TPSA) is 61.6 Å². The molecular weight excluding hydrogens is 377 g/mol. The van der Waals surface area contributed by atoms with Crippen LogP contribution in [0.3, 0.4) is 0 Å². The fourth-order valence-electron chi connectivity index (χ4n) is 3.77. The van der Waals surface area contributed by atoms with Crippen molar-refractivity contribution in [3.8, 4) is 17.3 Å². The SMILES string of the molecule is N#Cc1nc(CCCNCC2CCCCC2)cc(-c2cccc(C(F)(F)F)c2)n1. The Kier molecular flexibility index (Phi) is 7.21. The summed E-state index contributed by atoms with van der Waals surface area (Å²) < 4.78 is 39.0. The maximum Gasteiger partial charge on any atom is 0.416 e. The monoisotopic (exact) mass is 402 g/mol. The number of hydrogen-bond acceptors (Lipinski definition) is 4. The first-order valence-corrected chi connectivity index (χ1v) is 10.1. The predicted molar refractivity (Wildman–Crippen MR) is 105 cm³/mol. The lowest BCUT2D eigenvalue weighted by molar-refractivity contribution is -0.137. The van der Waals surface area contributed by atoms with Crippen molar-refractivity contribution in [1.82, 2.24) is 15.3 Å². The van der Waals surface area contributed by atoms with Crippen molar-refractivity contribution in [3.63, 3.8) is 0 Å². The summed E-state index contributed by atoms with van der Waals surface area (Å²) >= 11 is 0. The average Bonchev–Trinajstić information content (AvgIpc) is 2.73. The maximum absolute atomic E-state index is 13.0. The fourth-order valence-corrected chi connectivity index (χ4v) is 3.77. The summed E-state index contributed by atoms with van der Waals surface area (Å²) in [4.78, 5) is 8.31. The molecule has 0 amide bonds. The number of nitriles is 1. The van der Waals surface area contributed by atoms with Crippen molar-refractivity contribution < 1.29 is 13.2 Å². The Morgan fingerprint density at radius 3 is 2.62 bits per heavy atom. The van der Waals surface area contributed by atoms with E-state index in [9.17, 15) is 18.4 Å². The molecule has 0 radical (unpaired) electrons. The minimum absolute atomic E-state index is 0.0231. The first-order chi connectivity index (χ1) is 14.0. The summed E-state index contributed by atoms with van der Waals surface area (Å²) in [5.74, 6) is 0.741. The van der Waals surface area contributed by atoms with Crippen LogP contribution in [0.4, 0.5) is 13.2 Å². The fraction of sp³-hybridized carbons (Fsp3) is 0.500. The van der Waals surface area contributed by atoms with E-state index in [4.69, 9.17) is 0 Å². The third-order valence-corrected chi connectivity index (χ3v) is 5.31. The normalized spacial score (nSPS) is 15.2. The molecule has 1 saturated carbocycles. The number of nitrogens with zero attached hydrogens (tertiary/aromatic N) is 3. The minimum Gasteiger partial charge on any atom is -0.316 e. The number of rotatable bonds is 7. The van der Waals surface area contributed by atoms with Gasteiger partial charge in [0.15, 0.2) is 0 Å². The summed E-state index contributed by atoms with van der Waals surface area (Å²) in [6, 6.07) is 8.57. The molecule has 0 unspecified atom stereocenters. The van der Waals surface area contributed by atoms with Crippen LogP contribution in [0.25, 0.3) is 11.3 Å². The minimum atomic E-state index is -4.42. The smallest absolute Gasteiger partial charge is 0.316 e. The summed E-state index contributed by atoms with van der Waals surface area (Å²) in [6.45, 7) is 1.88. The van der Waals surface area contributed by atoms with Crippen LogP contribution < -0.4 is 5.32 Å². The zero-order chi connectivity index (χ0) is 20.7. The van der Waals surface area contributed by atoms with E-state index >= 15 is 0 Å². The van der Waals surface area contributed by atoms with E-state index in [-0.39, 0.29) is 5.82 Å². The molecule has 154 valence electrons. The van der Waals surface area contributed by atoms with Crippen molar-refractivity contribution in [2.45, 2.75) is 51.1 Å². The van der Waals surface area contributed by atoms with E-state index in [0.29, 0.717) is 23.4 Å². The number of aryl methyl sites for hydroxylation is 1. The summed E-state index contributed by atoms with van der Waals surface area (Å²) in [5, 5.41) is 12.7. The summed E-state index contributed by atoms with van der Waals surface area (Å²) in [6.07, 6.45) is 3.64. The van der Waals surface area contributed by atoms with Crippen LogP contribution in [0.2, 0.25) is 0 Å². The number of aromatic nitrogens is 2. The van der Waals surface area contributed by atoms with Crippen LogP contribution in [0.15, 0.2) is 30.3 Å².